The molecule has 0 aliphatic heterocycles. The average molecular weight is 286 g/mol. The SMILES string of the molecule is COc1cc(CN(C)Cc2ncccc2C)cc(OC)c1. The highest BCUT2D eigenvalue weighted by atomic mass is 16.5. The predicted octanol–water partition coefficient (Wildman–Crippen LogP) is 3.04. The minimum Gasteiger partial charge on any atom is -0.497 e. The second kappa shape index (κ2) is 7.09. The molecule has 0 fully saturated rings. The summed E-state index contributed by atoms with van der Waals surface area (Å²) in [4.78, 5) is 6.66. The summed E-state index contributed by atoms with van der Waals surface area (Å²) in [6, 6.07) is 10.00. The fraction of sp³-hybridized carbons (Fsp3) is 0.353. The van der Waals surface area contributed by atoms with Crippen molar-refractivity contribution in [1.82, 2.24) is 9.88 Å². The molecule has 4 heteroatoms. The van der Waals surface area contributed by atoms with Crippen LogP contribution in [0.15, 0.2) is 36.5 Å². The summed E-state index contributed by atoms with van der Waals surface area (Å²) in [5.41, 5.74) is 3.48. The van der Waals surface area contributed by atoms with E-state index in [2.05, 4.69) is 29.9 Å². The molecule has 0 saturated carbocycles. The van der Waals surface area contributed by atoms with Gasteiger partial charge in [-0.15, -0.1) is 0 Å². The van der Waals surface area contributed by atoms with Gasteiger partial charge in [0.05, 0.1) is 19.9 Å². The minimum absolute atomic E-state index is 0.809. The van der Waals surface area contributed by atoms with Crippen LogP contribution < -0.4 is 9.47 Å². The van der Waals surface area contributed by atoms with Gasteiger partial charge < -0.3 is 9.47 Å². The highest BCUT2D eigenvalue weighted by Gasteiger charge is 2.07. The number of methoxy groups -OCH3 is 2. The molecule has 1 aromatic carbocycles. The van der Waals surface area contributed by atoms with Crippen molar-refractivity contribution in [3.05, 3.63) is 53.3 Å². The van der Waals surface area contributed by atoms with E-state index in [1.54, 1.807) is 14.2 Å². The van der Waals surface area contributed by atoms with Crippen molar-refractivity contribution in [2.45, 2.75) is 20.0 Å². The number of rotatable bonds is 6. The Labute approximate surface area is 126 Å². The highest BCUT2D eigenvalue weighted by Crippen LogP contribution is 2.23. The number of aryl methyl sites for hydroxylation is 1. The van der Waals surface area contributed by atoms with Gasteiger partial charge in [-0.05, 0) is 43.3 Å². The van der Waals surface area contributed by atoms with Gasteiger partial charge in [0.25, 0.3) is 0 Å². The van der Waals surface area contributed by atoms with E-state index in [4.69, 9.17) is 9.47 Å². The van der Waals surface area contributed by atoms with Gasteiger partial charge >= 0.3 is 0 Å². The number of nitrogens with zero attached hydrogens (tertiary/aromatic N) is 2. The van der Waals surface area contributed by atoms with Crippen molar-refractivity contribution in [2.24, 2.45) is 0 Å². The summed E-state index contributed by atoms with van der Waals surface area (Å²) in [7, 11) is 5.42. The Hall–Kier alpha value is -2.07. The zero-order valence-corrected chi connectivity index (χ0v) is 13.1. The predicted molar refractivity (Wildman–Crippen MR) is 83.7 cm³/mol. The first-order valence-electron chi connectivity index (χ1n) is 6.93. The Kier molecular flexibility index (Phi) is 5.17. The summed E-state index contributed by atoms with van der Waals surface area (Å²) < 4.78 is 10.6. The first-order chi connectivity index (χ1) is 10.1. The molecule has 1 heterocycles. The zero-order valence-electron chi connectivity index (χ0n) is 13.1. The smallest absolute Gasteiger partial charge is 0.122 e. The van der Waals surface area contributed by atoms with Crippen LogP contribution in [0.4, 0.5) is 0 Å². The maximum Gasteiger partial charge on any atom is 0.122 e. The number of hydrogen-bond donors (Lipinski definition) is 0. The summed E-state index contributed by atoms with van der Waals surface area (Å²) in [5.74, 6) is 1.62. The Bertz CT molecular complexity index is 577. The van der Waals surface area contributed by atoms with Crippen LogP contribution in [0, 0.1) is 6.92 Å². The third kappa shape index (κ3) is 4.20. The lowest BCUT2D eigenvalue weighted by molar-refractivity contribution is 0.312. The van der Waals surface area contributed by atoms with Gasteiger partial charge in [0.2, 0.25) is 0 Å². The Morgan fingerprint density at radius 3 is 2.29 bits per heavy atom. The van der Waals surface area contributed by atoms with E-state index in [1.807, 2.05) is 30.5 Å². The molecule has 0 aliphatic carbocycles. The van der Waals surface area contributed by atoms with E-state index in [9.17, 15) is 0 Å². The molecule has 4 nitrogen and oxygen atoms in total. The van der Waals surface area contributed by atoms with E-state index in [1.165, 1.54) is 5.56 Å². The van der Waals surface area contributed by atoms with Crippen molar-refractivity contribution in [3.63, 3.8) is 0 Å². The summed E-state index contributed by atoms with van der Waals surface area (Å²) in [5, 5.41) is 0. The molecule has 2 rings (SSSR count). The van der Waals surface area contributed by atoms with E-state index < -0.39 is 0 Å². The standard InChI is InChI=1S/C17H22N2O2/c1-13-6-5-7-18-17(13)12-19(2)11-14-8-15(20-3)10-16(9-14)21-4/h5-10H,11-12H2,1-4H3. The van der Waals surface area contributed by atoms with Crippen molar-refractivity contribution < 1.29 is 9.47 Å². The molecule has 2 aromatic rings. The van der Waals surface area contributed by atoms with Crippen molar-refractivity contribution in [3.8, 4) is 11.5 Å². The number of benzene rings is 1. The Morgan fingerprint density at radius 1 is 1.05 bits per heavy atom. The lowest BCUT2D eigenvalue weighted by Crippen LogP contribution is -2.18. The molecule has 0 atom stereocenters. The van der Waals surface area contributed by atoms with Crippen LogP contribution in [-0.4, -0.2) is 31.2 Å². The fourth-order valence-electron chi connectivity index (χ4n) is 2.26. The molecule has 112 valence electrons. The number of hydrogen-bond acceptors (Lipinski definition) is 4. The van der Waals surface area contributed by atoms with E-state index in [0.717, 1.165) is 35.8 Å². The normalized spacial score (nSPS) is 10.7. The van der Waals surface area contributed by atoms with Gasteiger partial charge in [0.1, 0.15) is 11.5 Å². The van der Waals surface area contributed by atoms with E-state index >= 15 is 0 Å². The van der Waals surface area contributed by atoms with Gasteiger partial charge in [-0.1, -0.05) is 6.07 Å². The lowest BCUT2D eigenvalue weighted by atomic mass is 10.1. The van der Waals surface area contributed by atoms with Crippen LogP contribution in [-0.2, 0) is 13.1 Å². The molecule has 21 heavy (non-hydrogen) atoms. The van der Waals surface area contributed by atoms with Crippen LogP contribution in [0.25, 0.3) is 0 Å². The molecule has 0 bridgehead atoms. The number of ether oxygens (including phenoxy) is 2. The van der Waals surface area contributed by atoms with Gasteiger partial charge in [-0.3, -0.25) is 9.88 Å². The van der Waals surface area contributed by atoms with Crippen molar-refractivity contribution >= 4 is 0 Å². The largest absolute Gasteiger partial charge is 0.497 e. The molecule has 0 spiro atoms. The van der Waals surface area contributed by atoms with Crippen LogP contribution >= 0.6 is 0 Å². The van der Waals surface area contributed by atoms with Gasteiger partial charge in [0.15, 0.2) is 0 Å². The fourth-order valence-corrected chi connectivity index (χ4v) is 2.26. The van der Waals surface area contributed by atoms with Crippen LogP contribution in [0.5, 0.6) is 11.5 Å². The van der Waals surface area contributed by atoms with Gasteiger partial charge in [0, 0.05) is 25.4 Å². The molecular weight excluding hydrogens is 264 g/mol. The molecule has 0 N–H and O–H groups in total. The van der Waals surface area contributed by atoms with Gasteiger partial charge in [-0.2, -0.15) is 0 Å². The zero-order chi connectivity index (χ0) is 15.2. The summed E-state index contributed by atoms with van der Waals surface area (Å²) in [6.45, 7) is 3.71. The maximum absolute atomic E-state index is 5.31. The first kappa shape index (κ1) is 15.3. The summed E-state index contributed by atoms with van der Waals surface area (Å²) in [6.07, 6.45) is 1.84. The quantitative estimate of drug-likeness (QED) is 0.817. The monoisotopic (exact) mass is 286 g/mol. The molecule has 1 aromatic heterocycles. The molecule has 0 aliphatic rings. The molecule has 0 radical (unpaired) electrons. The molecule has 0 saturated heterocycles. The van der Waals surface area contributed by atoms with Crippen molar-refractivity contribution in [1.29, 1.82) is 0 Å². The molecule has 0 amide bonds. The molecule has 0 unspecified atom stereocenters. The van der Waals surface area contributed by atoms with E-state index in [-0.39, 0.29) is 0 Å². The first-order valence-corrected chi connectivity index (χ1v) is 6.93. The van der Waals surface area contributed by atoms with Crippen LogP contribution in [0.3, 0.4) is 0 Å². The highest BCUT2D eigenvalue weighted by molar-refractivity contribution is 5.38. The third-order valence-electron chi connectivity index (χ3n) is 3.40. The lowest BCUT2D eigenvalue weighted by Gasteiger charge is -2.18. The maximum atomic E-state index is 5.31. The Balaban J connectivity index is 2.09. The average Bonchev–Trinajstić information content (AvgIpc) is 2.49. The minimum atomic E-state index is 0.809. The number of pyridine rings is 1. The second-order valence-electron chi connectivity index (χ2n) is 5.16. The second-order valence-corrected chi connectivity index (χ2v) is 5.16. The topological polar surface area (TPSA) is 34.6 Å². The number of aromatic nitrogens is 1. The van der Waals surface area contributed by atoms with E-state index in [0.29, 0.717) is 0 Å². The van der Waals surface area contributed by atoms with Crippen molar-refractivity contribution in [2.75, 3.05) is 21.3 Å². The Morgan fingerprint density at radius 2 is 1.71 bits per heavy atom. The van der Waals surface area contributed by atoms with Crippen LogP contribution in [0.2, 0.25) is 0 Å². The van der Waals surface area contributed by atoms with Gasteiger partial charge in [-0.25, -0.2) is 0 Å². The van der Waals surface area contributed by atoms with Crippen LogP contribution in [0.1, 0.15) is 16.8 Å². The third-order valence-corrected chi connectivity index (χ3v) is 3.40. The summed E-state index contributed by atoms with van der Waals surface area (Å²) >= 11 is 0. The molecular formula is C17H22N2O2.